The maximum Gasteiger partial charge on any atom is 0.116 e. The van der Waals surface area contributed by atoms with Gasteiger partial charge >= 0.3 is 0 Å². The number of aliphatic hydroxyl groups excluding tert-OH is 2. The van der Waals surface area contributed by atoms with E-state index in [2.05, 4.69) is 0 Å². The molecule has 2 rings (SSSR count). The van der Waals surface area contributed by atoms with Crippen LogP contribution in [0.5, 0.6) is 5.75 Å². The van der Waals surface area contributed by atoms with Crippen molar-refractivity contribution < 1.29 is 15.3 Å². The van der Waals surface area contributed by atoms with E-state index in [4.69, 9.17) is 0 Å². The SMILES string of the molecule is CC(O)C(O)Cc1ccc2cc(O)ccc2c1. The number of fused-ring (bicyclic) bond motifs is 1. The van der Waals surface area contributed by atoms with Gasteiger partial charge in [0.2, 0.25) is 0 Å². The molecule has 2 aromatic carbocycles. The predicted octanol–water partition coefficient (Wildman–Crippen LogP) is 1.83. The van der Waals surface area contributed by atoms with Gasteiger partial charge in [-0.2, -0.15) is 0 Å². The third-order valence-electron chi connectivity index (χ3n) is 2.89. The Balaban J connectivity index is 2.29. The van der Waals surface area contributed by atoms with E-state index in [9.17, 15) is 15.3 Å². The molecular formula is C14H16O3. The molecule has 2 atom stereocenters. The number of hydrogen-bond donors (Lipinski definition) is 3. The van der Waals surface area contributed by atoms with E-state index >= 15 is 0 Å². The molecule has 17 heavy (non-hydrogen) atoms. The monoisotopic (exact) mass is 232 g/mol. The largest absolute Gasteiger partial charge is 0.508 e. The highest BCUT2D eigenvalue weighted by Gasteiger charge is 2.11. The summed E-state index contributed by atoms with van der Waals surface area (Å²) < 4.78 is 0. The fraction of sp³-hybridized carbons (Fsp3) is 0.286. The van der Waals surface area contributed by atoms with E-state index in [1.807, 2.05) is 24.3 Å². The summed E-state index contributed by atoms with van der Waals surface area (Å²) in [6.07, 6.45) is -1.05. The van der Waals surface area contributed by atoms with Gasteiger partial charge in [-0.05, 0) is 35.4 Å². The van der Waals surface area contributed by atoms with Crippen molar-refractivity contribution >= 4 is 10.8 Å². The van der Waals surface area contributed by atoms with Crippen LogP contribution in [0.4, 0.5) is 0 Å². The van der Waals surface area contributed by atoms with E-state index in [-0.39, 0.29) is 5.75 Å². The second kappa shape index (κ2) is 4.73. The van der Waals surface area contributed by atoms with Crippen LogP contribution in [0.3, 0.4) is 0 Å². The van der Waals surface area contributed by atoms with Crippen molar-refractivity contribution in [3.05, 3.63) is 42.0 Å². The molecule has 0 aromatic heterocycles. The maximum absolute atomic E-state index is 9.61. The van der Waals surface area contributed by atoms with Gasteiger partial charge in [0.25, 0.3) is 0 Å². The van der Waals surface area contributed by atoms with E-state index < -0.39 is 12.2 Å². The third kappa shape index (κ3) is 2.75. The lowest BCUT2D eigenvalue weighted by Crippen LogP contribution is -2.24. The molecule has 0 bridgehead atoms. The molecule has 2 aromatic rings. The van der Waals surface area contributed by atoms with Crippen molar-refractivity contribution in [1.29, 1.82) is 0 Å². The zero-order chi connectivity index (χ0) is 12.4. The Morgan fingerprint density at radius 3 is 2.35 bits per heavy atom. The zero-order valence-corrected chi connectivity index (χ0v) is 9.67. The average Bonchev–Trinajstić information content (AvgIpc) is 2.29. The normalized spacial score (nSPS) is 14.8. The van der Waals surface area contributed by atoms with Gasteiger partial charge in [0.05, 0.1) is 12.2 Å². The molecular weight excluding hydrogens is 216 g/mol. The molecule has 0 fully saturated rings. The van der Waals surface area contributed by atoms with Crippen LogP contribution in [0.25, 0.3) is 10.8 Å². The van der Waals surface area contributed by atoms with Crippen molar-refractivity contribution in [3.8, 4) is 5.75 Å². The maximum atomic E-state index is 9.61. The summed E-state index contributed by atoms with van der Waals surface area (Å²) in [5.74, 6) is 0.245. The number of hydrogen-bond acceptors (Lipinski definition) is 3. The average molecular weight is 232 g/mol. The summed E-state index contributed by atoms with van der Waals surface area (Å²) >= 11 is 0. The van der Waals surface area contributed by atoms with Gasteiger partial charge in [-0.15, -0.1) is 0 Å². The van der Waals surface area contributed by atoms with Crippen LogP contribution in [0, 0.1) is 0 Å². The lowest BCUT2D eigenvalue weighted by Gasteiger charge is -2.13. The summed E-state index contributed by atoms with van der Waals surface area (Å²) in [6, 6.07) is 10.9. The van der Waals surface area contributed by atoms with Crippen molar-refractivity contribution in [2.24, 2.45) is 0 Å². The quantitative estimate of drug-likeness (QED) is 0.756. The molecule has 0 amide bonds. The smallest absolute Gasteiger partial charge is 0.116 e. The highest BCUT2D eigenvalue weighted by atomic mass is 16.3. The minimum atomic E-state index is -0.746. The van der Waals surface area contributed by atoms with Crippen LogP contribution in [-0.4, -0.2) is 27.5 Å². The van der Waals surface area contributed by atoms with Gasteiger partial charge in [-0.1, -0.05) is 24.3 Å². The van der Waals surface area contributed by atoms with Crippen LogP contribution in [0.2, 0.25) is 0 Å². The molecule has 0 radical (unpaired) electrons. The number of rotatable bonds is 3. The van der Waals surface area contributed by atoms with E-state index in [0.717, 1.165) is 16.3 Å². The van der Waals surface area contributed by atoms with Crippen molar-refractivity contribution in [2.45, 2.75) is 25.6 Å². The summed E-state index contributed by atoms with van der Waals surface area (Å²) in [4.78, 5) is 0. The van der Waals surface area contributed by atoms with Crippen LogP contribution in [0.15, 0.2) is 36.4 Å². The summed E-state index contributed by atoms with van der Waals surface area (Å²) in [7, 11) is 0. The Bertz CT molecular complexity index is 520. The van der Waals surface area contributed by atoms with E-state index in [1.54, 1.807) is 19.1 Å². The van der Waals surface area contributed by atoms with Gasteiger partial charge in [-0.25, -0.2) is 0 Å². The minimum absolute atomic E-state index is 0.245. The predicted molar refractivity (Wildman–Crippen MR) is 67.0 cm³/mol. The Labute approximate surface area is 100.0 Å². The summed E-state index contributed by atoms with van der Waals surface area (Å²) in [6.45, 7) is 1.57. The molecule has 0 heterocycles. The molecule has 90 valence electrons. The zero-order valence-electron chi connectivity index (χ0n) is 9.67. The fourth-order valence-corrected chi connectivity index (χ4v) is 1.82. The lowest BCUT2D eigenvalue weighted by molar-refractivity contribution is 0.0320. The third-order valence-corrected chi connectivity index (χ3v) is 2.89. The molecule has 3 nitrogen and oxygen atoms in total. The minimum Gasteiger partial charge on any atom is -0.508 e. The lowest BCUT2D eigenvalue weighted by atomic mass is 10.0. The number of phenolic OH excluding ortho intramolecular Hbond substituents is 1. The number of benzene rings is 2. The van der Waals surface area contributed by atoms with Gasteiger partial charge < -0.3 is 15.3 Å². The second-order valence-corrected chi connectivity index (χ2v) is 4.38. The summed E-state index contributed by atoms with van der Waals surface area (Å²) in [5, 5.41) is 30.2. The molecule has 0 spiro atoms. The Hall–Kier alpha value is -1.58. The molecule has 0 aliphatic heterocycles. The topological polar surface area (TPSA) is 60.7 Å². The Morgan fingerprint density at radius 2 is 1.65 bits per heavy atom. The number of aromatic hydroxyl groups is 1. The molecule has 2 unspecified atom stereocenters. The van der Waals surface area contributed by atoms with Gasteiger partial charge in [0.1, 0.15) is 5.75 Å². The van der Waals surface area contributed by atoms with Gasteiger partial charge in [0, 0.05) is 6.42 Å². The van der Waals surface area contributed by atoms with Crippen LogP contribution in [0.1, 0.15) is 12.5 Å². The van der Waals surface area contributed by atoms with Gasteiger partial charge in [-0.3, -0.25) is 0 Å². The van der Waals surface area contributed by atoms with Crippen LogP contribution in [-0.2, 0) is 6.42 Å². The van der Waals surface area contributed by atoms with E-state index in [1.165, 1.54) is 0 Å². The van der Waals surface area contributed by atoms with Crippen molar-refractivity contribution in [3.63, 3.8) is 0 Å². The standard InChI is InChI=1S/C14H16O3/c1-9(15)14(17)7-10-2-3-12-8-13(16)5-4-11(12)6-10/h2-6,8-9,14-17H,7H2,1H3. The first kappa shape index (κ1) is 11.9. The number of aliphatic hydroxyl groups is 2. The molecule has 0 saturated heterocycles. The molecule has 3 N–H and O–H groups in total. The fourth-order valence-electron chi connectivity index (χ4n) is 1.82. The first-order chi connectivity index (χ1) is 8.06. The first-order valence-corrected chi connectivity index (χ1v) is 5.64. The summed E-state index contributed by atoms with van der Waals surface area (Å²) in [5.41, 5.74) is 0.969. The number of phenols is 1. The Kier molecular flexibility index (Phi) is 3.31. The molecule has 0 aliphatic rings. The van der Waals surface area contributed by atoms with Crippen molar-refractivity contribution in [2.75, 3.05) is 0 Å². The van der Waals surface area contributed by atoms with Crippen LogP contribution >= 0.6 is 0 Å². The van der Waals surface area contributed by atoms with E-state index in [0.29, 0.717) is 6.42 Å². The molecule has 0 aliphatic carbocycles. The van der Waals surface area contributed by atoms with Crippen molar-refractivity contribution in [1.82, 2.24) is 0 Å². The highest BCUT2D eigenvalue weighted by molar-refractivity contribution is 5.84. The molecule has 3 heteroatoms. The Morgan fingerprint density at radius 1 is 1.00 bits per heavy atom. The van der Waals surface area contributed by atoms with Crippen LogP contribution < -0.4 is 0 Å². The second-order valence-electron chi connectivity index (χ2n) is 4.38. The molecule has 0 saturated carbocycles. The van der Waals surface area contributed by atoms with Gasteiger partial charge in [0.15, 0.2) is 0 Å². The first-order valence-electron chi connectivity index (χ1n) is 5.64. The highest BCUT2D eigenvalue weighted by Crippen LogP contribution is 2.21.